The van der Waals surface area contributed by atoms with Gasteiger partial charge in [-0.3, -0.25) is 0 Å². The summed E-state index contributed by atoms with van der Waals surface area (Å²) in [5.74, 6) is 0.990. The zero-order valence-corrected chi connectivity index (χ0v) is 5.45. The summed E-state index contributed by atoms with van der Waals surface area (Å²) in [4.78, 5) is 2.11. The molecular formula is C8H7NO. The maximum absolute atomic E-state index is 5.60. The Bertz CT molecular complexity index is 277. The largest absolute Gasteiger partial charge is 0.462 e. The molecule has 1 unspecified atom stereocenters. The van der Waals surface area contributed by atoms with Gasteiger partial charge >= 0.3 is 0 Å². The molecule has 0 amide bonds. The normalized spacial score (nSPS) is 38.4. The molecule has 0 aromatic heterocycles. The van der Waals surface area contributed by atoms with Gasteiger partial charge in [0.15, 0.2) is 0 Å². The Morgan fingerprint density at radius 3 is 3.40 bits per heavy atom. The van der Waals surface area contributed by atoms with Crippen LogP contribution in [0, 0.1) is 0 Å². The lowest BCUT2D eigenvalue weighted by molar-refractivity contribution is 0.0212. The summed E-state index contributed by atoms with van der Waals surface area (Å²) in [6.45, 7) is 0. The van der Waals surface area contributed by atoms with Gasteiger partial charge in [0.05, 0.1) is 0 Å². The number of nitrogens with zero attached hydrogens (tertiary/aromatic N) is 1. The fraction of sp³-hybridized carbons (Fsp3) is 0.250. The fourth-order valence-electron chi connectivity index (χ4n) is 1.66. The van der Waals surface area contributed by atoms with Crippen LogP contribution < -0.4 is 0 Å². The molecule has 0 saturated carbocycles. The van der Waals surface area contributed by atoms with Crippen LogP contribution in [0.5, 0.6) is 0 Å². The van der Waals surface area contributed by atoms with Crippen LogP contribution in [0.1, 0.15) is 6.42 Å². The van der Waals surface area contributed by atoms with Crippen molar-refractivity contribution in [2.45, 2.75) is 12.1 Å². The van der Waals surface area contributed by atoms with Crippen molar-refractivity contribution in [3.63, 3.8) is 0 Å². The number of allylic oxidation sites excluding steroid dienone is 1. The van der Waals surface area contributed by atoms with Crippen molar-refractivity contribution in [1.29, 1.82) is 0 Å². The molecule has 0 aliphatic carbocycles. The van der Waals surface area contributed by atoms with Crippen LogP contribution in [-0.4, -0.2) is 10.6 Å². The Morgan fingerprint density at radius 2 is 2.60 bits per heavy atom. The minimum absolute atomic E-state index is 0.130. The van der Waals surface area contributed by atoms with Crippen LogP contribution >= 0.6 is 0 Å². The van der Waals surface area contributed by atoms with Gasteiger partial charge in [0, 0.05) is 18.8 Å². The monoisotopic (exact) mass is 133 g/mol. The topological polar surface area (TPSA) is 12.5 Å². The van der Waals surface area contributed by atoms with Crippen molar-refractivity contribution in [2.75, 3.05) is 0 Å². The van der Waals surface area contributed by atoms with Gasteiger partial charge in [0.2, 0.25) is 5.72 Å². The van der Waals surface area contributed by atoms with E-state index in [0.29, 0.717) is 0 Å². The zero-order valence-electron chi connectivity index (χ0n) is 5.45. The average Bonchev–Trinajstić information content (AvgIpc) is 2.48. The van der Waals surface area contributed by atoms with E-state index >= 15 is 0 Å². The van der Waals surface area contributed by atoms with Crippen molar-refractivity contribution in [1.82, 2.24) is 4.90 Å². The van der Waals surface area contributed by atoms with E-state index < -0.39 is 0 Å². The first kappa shape index (κ1) is 4.61. The number of hydrogen-bond acceptors (Lipinski definition) is 2. The molecule has 50 valence electrons. The number of hydrogen-bond donors (Lipinski definition) is 0. The highest BCUT2D eigenvalue weighted by Crippen LogP contribution is 2.42. The van der Waals surface area contributed by atoms with Gasteiger partial charge in [-0.15, -0.1) is 0 Å². The minimum Gasteiger partial charge on any atom is -0.462 e. The molecule has 0 aromatic rings. The van der Waals surface area contributed by atoms with Crippen LogP contribution in [0.2, 0.25) is 0 Å². The predicted octanol–water partition coefficient (Wildman–Crippen LogP) is 1.34. The lowest BCUT2D eigenvalue weighted by Crippen LogP contribution is -2.33. The van der Waals surface area contributed by atoms with E-state index in [2.05, 4.69) is 23.3 Å². The zero-order chi connectivity index (χ0) is 6.60. The molecule has 0 fully saturated rings. The Kier molecular flexibility index (Phi) is 0.528. The van der Waals surface area contributed by atoms with E-state index in [9.17, 15) is 0 Å². The maximum atomic E-state index is 5.60. The fourth-order valence-corrected chi connectivity index (χ4v) is 1.66. The van der Waals surface area contributed by atoms with Crippen LogP contribution in [0.3, 0.4) is 0 Å². The summed E-state index contributed by atoms with van der Waals surface area (Å²) in [5.41, 5.74) is -0.130. The summed E-state index contributed by atoms with van der Waals surface area (Å²) >= 11 is 0. The molecule has 3 aliphatic heterocycles. The van der Waals surface area contributed by atoms with Crippen LogP contribution in [-0.2, 0) is 4.74 Å². The van der Waals surface area contributed by atoms with Gasteiger partial charge in [-0.25, -0.2) is 0 Å². The first-order valence-electron chi connectivity index (χ1n) is 3.44. The van der Waals surface area contributed by atoms with E-state index in [-0.39, 0.29) is 5.72 Å². The highest BCUT2D eigenvalue weighted by molar-refractivity contribution is 5.35. The average molecular weight is 133 g/mol. The van der Waals surface area contributed by atoms with Crippen molar-refractivity contribution in [3.05, 3.63) is 36.4 Å². The molecule has 2 heteroatoms. The summed E-state index contributed by atoms with van der Waals surface area (Å²) in [6, 6.07) is 0. The van der Waals surface area contributed by atoms with E-state index in [1.807, 2.05) is 12.3 Å². The second kappa shape index (κ2) is 1.15. The molecule has 1 atom stereocenters. The molecule has 3 rings (SSSR count). The second-order valence-corrected chi connectivity index (χ2v) is 2.81. The summed E-state index contributed by atoms with van der Waals surface area (Å²) in [6.07, 6.45) is 11.3. The minimum atomic E-state index is -0.130. The van der Waals surface area contributed by atoms with Crippen molar-refractivity contribution in [2.24, 2.45) is 0 Å². The SMILES string of the molecule is C1=CN2C=C3C=CC2(C1)O3. The molecule has 2 nitrogen and oxygen atoms in total. The van der Waals surface area contributed by atoms with E-state index in [4.69, 9.17) is 4.74 Å². The smallest absolute Gasteiger partial charge is 0.209 e. The second-order valence-electron chi connectivity index (χ2n) is 2.81. The van der Waals surface area contributed by atoms with Crippen molar-refractivity contribution >= 4 is 0 Å². The standard InChI is InChI=1S/C8H7NO/c1-3-8-4-2-7(10-8)6-9(8)5-1/h1-2,4-6H,3H2. The molecule has 3 heterocycles. The van der Waals surface area contributed by atoms with Gasteiger partial charge in [-0.1, -0.05) is 6.08 Å². The molecule has 10 heavy (non-hydrogen) atoms. The Morgan fingerprint density at radius 1 is 1.60 bits per heavy atom. The molecule has 2 bridgehead atoms. The third-order valence-corrected chi connectivity index (χ3v) is 2.18. The third-order valence-electron chi connectivity index (χ3n) is 2.18. The molecule has 3 aliphatic rings. The predicted molar refractivity (Wildman–Crippen MR) is 36.6 cm³/mol. The van der Waals surface area contributed by atoms with Crippen LogP contribution in [0.15, 0.2) is 36.4 Å². The van der Waals surface area contributed by atoms with Gasteiger partial charge in [0.25, 0.3) is 0 Å². The summed E-state index contributed by atoms with van der Waals surface area (Å²) in [7, 11) is 0. The Labute approximate surface area is 59.1 Å². The quantitative estimate of drug-likeness (QED) is 0.494. The van der Waals surface area contributed by atoms with Crippen molar-refractivity contribution < 1.29 is 4.74 Å². The van der Waals surface area contributed by atoms with Gasteiger partial charge in [0.1, 0.15) is 5.76 Å². The summed E-state index contributed by atoms with van der Waals surface area (Å²) in [5, 5.41) is 0. The van der Waals surface area contributed by atoms with Crippen LogP contribution in [0.4, 0.5) is 0 Å². The number of fused-ring (bicyclic) bond motifs is 1. The lowest BCUT2D eigenvalue weighted by atomic mass is 10.1. The Balaban J connectivity index is 2.20. The van der Waals surface area contributed by atoms with Crippen LogP contribution in [0.25, 0.3) is 0 Å². The lowest BCUT2D eigenvalue weighted by Gasteiger charge is -2.25. The summed E-state index contributed by atoms with van der Waals surface area (Å²) < 4.78 is 5.60. The third kappa shape index (κ3) is 0.321. The van der Waals surface area contributed by atoms with Gasteiger partial charge < -0.3 is 9.64 Å². The van der Waals surface area contributed by atoms with Gasteiger partial charge in [-0.2, -0.15) is 0 Å². The van der Waals surface area contributed by atoms with Crippen molar-refractivity contribution in [3.8, 4) is 0 Å². The molecule has 1 spiro atoms. The first-order valence-corrected chi connectivity index (χ1v) is 3.44. The molecule has 0 saturated heterocycles. The number of rotatable bonds is 0. The molecule has 0 N–H and O–H groups in total. The van der Waals surface area contributed by atoms with E-state index in [1.54, 1.807) is 0 Å². The number of ether oxygens (including phenoxy) is 1. The first-order chi connectivity index (χ1) is 4.89. The van der Waals surface area contributed by atoms with Gasteiger partial charge in [-0.05, 0) is 12.2 Å². The highest BCUT2D eigenvalue weighted by atomic mass is 16.5. The Hall–Kier alpha value is -1.18. The van der Waals surface area contributed by atoms with E-state index in [1.165, 1.54) is 0 Å². The molecular weight excluding hydrogens is 126 g/mol. The maximum Gasteiger partial charge on any atom is 0.209 e. The van der Waals surface area contributed by atoms with E-state index in [0.717, 1.165) is 12.2 Å². The highest BCUT2D eigenvalue weighted by Gasteiger charge is 2.44. The molecule has 0 aromatic carbocycles. The molecule has 0 radical (unpaired) electrons.